The van der Waals surface area contributed by atoms with Gasteiger partial charge in [0.15, 0.2) is 17.3 Å². The van der Waals surface area contributed by atoms with Gasteiger partial charge in [-0.25, -0.2) is 0 Å². The van der Waals surface area contributed by atoms with E-state index in [-0.39, 0.29) is 11.9 Å². The van der Waals surface area contributed by atoms with Gasteiger partial charge in [-0.15, -0.1) is 0 Å². The smallest absolute Gasteiger partial charge is 0.254 e. The summed E-state index contributed by atoms with van der Waals surface area (Å²) in [6, 6.07) is 3.53. The van der Waals surface area contributed by atoms with E-state index in [0.29, 0.717) is 47.6 Å². The molecule has 1 fully saturated rings. The molecular formula is C29H38N2O6. The van der Waals surface area contributed by atoms with E-state index in [1.165, 1.54) is 24.5 Å². The van der Waals surface area contributed by atoms with Gasteiger partial charge >= 0.3 is 0 Å². The number of methoxy groups -OCH3 is 3. The summed E-state index contributed by atoms with van der Waals surface area (Å²) in [7, 11) is 6.81. The van der Waals surface area contributed by atoms with Crippen LogP contribution in [-0.4, -0.2) is 69.3 Å². The first-order valence-corrected chi connectivity index (χ1v) is 12.9. The molecule has 1 amide bonds. The first kappa shape index (κ1) is 26.7. The lowest BCUT2D eigenvalue weighted by Gasteiger charge is -2.35. The van der Waals surface area contributed by atoms with Crippen LogP contribution in [0.1, 0.15) is 48.9 Å². The quantitative estimate of drug-likeness (QED) is 0.413. The summed E-state index contributed by atoms with van der Waals surface area (Å²) in [5, 5.41) is 0. The van der Waals surface area contributed by atoms with E-state index in [4.69, 9.17) is 23.7 Å². The molecule has 2 heterocycles. The molecule has 0 radical (unpaired) electrons. The molecule has 0 spiro atoms. The fourth-order valence-corrected chi connectivity index (χ4v) is 5.27. The van der Waals surface area contributed by atoms with Gasteiger partial charge in [0, 0.05) is 18.2 Å². The van der Waals surface area contributed by atoms with Crippen LogP contribution in [0.3, 0.4) is 0 Å². The van der Waals surface area contributed by atoms with Crippen molar-refractivity contribution in [3.63, 3.8) is 0 Å². The second-order valence-corrected chi connectivity index (χ2v) is 9.54. The number of nitrogens with zero attached hydrogens (tertiary/aromatic N) is 2. The first-order valence-electron chi connectivity index (χ1n) is 12.9. The van der Waals surface area contributed by atoms with Gasteiger partial charge in [0.05, 0.1) is 27.4 Å². The zero-order valence-electron chi connectivity index (χ0n) is 22.3. The number of hydrogen-bond donors (Lipinski definition) is 0. The largest absolute Gasteiger partial charge is 0.493 e. The Labute approximate surface area is 219 Å². The van der Waals surface area contributed by atoms with Crippen molar-refractivity contribution in [2.45, 2.75) is 50.6 Å². The fraction of sp³-hybridized carbons (Fsp3) is 0.483. The Bertz CT molecular complexity index is 1050. The lowest BCUT2D eigenvalue weighted by Crippen LogP contribution is -2.44. The topological polar surface area (TPSA) is 69.7 Å². The van der Waals surface area contributed by atoms with Gasteiger partial charge in [-0.1, -0.05) is 23.8 Å². The molecule has 2 atom stereocenters. The van der Waals surface area contributed by atoms with Crippen molar-refractivity contribution in [1.82, 2.24) is 9.80 Å². The summed E-state index contributed by atoms with van der Waals surface area (Å²) in [5.74, 6) is 1.82. The molecule has 1 aromatic carbocycles. The Morgan fingerprint density at radius 3 is 2.51 bits per heavy atom. The molecule has 1 aliphatic carbocycles. The van der Waals surface area contributed by atoms with Crippen LogP contribution in [0.15, 0.2) is 60.5 Å². The van der Waals surface area contributed by atoms with E-state index in [1.54, 1.807) is 39.7 Å². The summed E-state index contributed by atoms with van der Waals surface area (Å²) < 4.78 is 27.9. The second-order valence-electron chi connectivity index (χ2n) is 9.54. The highest BCUT2D eigenvalue weighted by Crippen LogP contribution is 2.39. The molecule has 8 heteroatoms. The van der Waals surface area contributed by atoms with E-state index in [0.717, 1.165) is 32.2 Å². The Hall–Kier alpha value is -3.39. The molecule has 2 aliphatic heterocycles. The number of carbonyl (C=O) groups is 1. The predicted octanol–water partition coefficient (Wildman–Crippen LogP) is 5.03. The molecule has 3 aliphatic rings. The SMILES string of the molecule is COc1cc(C(=O)N(CCC2CCCN2C)C(CC2=CC=CCC2)C2=COC=CO2)cc(OC)c1OC. The Morgan fingerprint density at radius 2 is 1.95 bits per heavy atom. The van der Waals surface area contributed by atoms with Crippen molar-refractivity contribution < 1.29 is 28.5 Å². The van der Waals surface area contributed by atoms with Gasteiger partial charge in [0.1, 0.15) is 18.8 Å². The number of likely N-dealkylation sites (tertiary alicyclic amines) is 1. The molecule has 2 unspecified atom stereocenters. The number of hydrogen-bond acceptors (Lipinski definition) is 7. The van der Waals surface area contributed by atoms with E-state index in [2.05, 4.69) is 30.2 Å². The van der Waals surface area contributed by atoms with E-state index in [1.807, 2.05) is 4.90 Å². The van der Waals surface area contributed by atoms with Gasteiger partial charge in [0.25, 0.3) is 5.91 Å². The predicted molar refractivity (Wildman–Crippen MR) is 142 cm³/mol. The average molecular weight is 511 g/mol. The monoisotopic (exact) mass is 510 g/mol. The maximum Gasteiger partial charge on any atom is 0.254 e. The summed E-state index contributed by atoms with van der Waals surface area (Å²) in [6.07, 6.45) is 16.8. The van der Waals surface area contributed by atoms with Crippen molar-refractivity contribution in [1.29, 1.82) is 0 Å². The van der Waals surface area contributed by atoms with Gasteiger partial charge in [-0.2, -0.15) is 0 Å². The molecule has 0 N–H and O–H groups in total. The number of allylic oxidation sites excluding steroid dienone is 3. The highest BCUT2D eigenvalue weighted by atomic mass is 16.5. The molecule has 8 nitrogen and oxygen atoms in total. The molecule has 0 saturated carbocycles. The van der Waals surface area contributed by atoms with Crippen molar-refractivity contribution in [2.24, 2.45) is 0 Å². The summed E-state index contributed by atoms with van der Waals surface area (Å²) in [5.41, 5.74) is 1.73. The van der Waals surface area contributed by atoms with Crippen LogP contribution in [0, 0.1) is 0 Å². The number of carbonyl (C=O) groups excluding carboxylic acids is 1. The van der Waals surface area contributed by atoms with Crippen molar-refractivity contribution in [3.05, 3.63) is 66.0 Å². The Balaban J connectivity index is 1.72. The van der Waals surface area contributed by atoms with Gasteiger partial charge < -0.3 is 33.5 Å². The maximum absolute atomic E-state index is 14.3. The molecule has 4 rings (SSSR count). The first-order chi connectivity index (χ1) is 18.0. The second kappa shape index (κ2) is 12.7. The molecule has 1 saturated heterocycles. The zero-order chi connectivity index (χ0) is 26.2. The average Bonchev–Trinajstić information content (AvgIpc) is 3.36. The van der Waals surface area contributed by atoms with Crippen molar-refractivity contribution >= 4 is 5.91 Å². The standard InChI is InChI=1S/C29H38N2O6/c1-30-13-8-11-23(30)12-14-31(29(32)22-18-25(33-2)28(35-4)26(19-22)34-3)24(27-20-36-15-16-37-27)17-21-9-6-5-7-10-21/h5-6,9,15-16,18-20,23-24H,7-8,10-14,17H2,1-4H3. The molecule has 0 bridgehead atoms. The number of amides is 1. The summed E-state index contributed by atoms with van der Waals surface area (Å²) in [6.45, 7) is 1.66. The third kappa shape index (κ3) is 6.31. The Kier molecular flexibility index (Phi) is 9.17. The number of benzene rings is 1. The van der Waals surface area contributed by atoms with Crippen molar-refractivity contribution in [3.8, 4) is 17.2 Å². The van der Waals surface area contributed by atoms with Gasteiger partial charge in [-0.3, -0.25) is 4.79 Å². The van der Waals surface area contributed by atoms with Crippen LogP contribution < -0.4 is 14.2 Å². The number of ether oxygens (including phenoxy) is 5. The van der Waals surface area contributed by atoms with Crippen LogP contribution in [0.2, 0.25) is 0 Å². The zero-order valence-corrected chi connectivity index (χ0v) is 22.3. The third-order valence-electron chi connectivity index (χ3n) is 7.33. The maximum atomic E-state index is 14.3. The minimum atomic E-state index is -0.332. The normalized spacial score (nSPS) is 19.8. The molecule has 0 aromatic heterocycles. The van der Waals surface area contributed by atoms with Crippen LogP contribution in [-0.2, 0) is 9.47 Å². The van der Waals surface area contributed by atoms with Crippen LogP contribution in [0.4, 0.5) is 0 Å². The van der Waals surface area contributed by atoms with Crippen LogP contribution >= 0.6 is 0 Å². The highest BCUT2D eigenvalue weighted by molar-refractivity contribution is 5.96. The lowest BCUT2D eigenvalue weighted by atomic mass is 9.95. The van der Waals surface area contributed by atoms with Crippen LogP contribution in [0.25, 0.3) is 0 Å². The molecule has 1 aromatic rings. The Morgan fingerprint density at radius 1 is 1.16 bits per heavy atom. The fourth-order valence-electron chi connectivity index (χ4n) is 5.27. The van der Waals surface area contributed by atoms with Crippen LogP contribution in [0.5, 0.6) is 17.2 Å². The molecular weight excluding hydrogens is 472 g/mol. The van der Waals surface area contributed by atoms with Crippen molar-refractivity contribution in [2.75, 3.05) is 41.5 Å². The summed E-state index contributed by atoms with van der Waals surface area (Å²) >= 11 is 0. The minimum Gasteiger partial charge on any atom is -0.493 e. The third-order valence-corrected chi connectivity index (χ3v) is 7.33. The molecule has 200 valence electrons. The lowest BCUT2D eigenvalue weighted by molar-refractivity contribution is 0.0624. The minimum absolute atomic E-state index is 0.129. The van der Waals surface area contributed by atoms with E-state index in [9.17, 15) is 4.79 Å². The summed E-state index contributed by atoms with van der Waals surface area (Å²) in [4.78, 5) is 18.6. The van der Waals surface area contributed by atoms with Gasteiger partial charge in [0.2, 0.25) is 5.75 Å². The number of rotatable bonds is 11. The van der Waals surface area contributed by atoms with Gasteiger partial charge in [-0.05, 0) is 64.3 Å². The highest BCUT2D eigenvalue weighted by Gasteiger charge is 2.33. The van der Waals surface area contributed by atoms with E-state index >= 15 is 0 Å². The molecule has 37 heavy (non-hydrogen) atoms. The van der Waals surface area contributed by atoms with E-state index < -0.39 is 0 Å².